The zero-order chi connectivity index (χ0) is 9.35. The van der Waals surface area contributed by atoms with Gasteiger partial charge in [0.05, 0.1) is 5.56 Å². The van der Waals surface area contributed by atoms with E-state index in [1.54, 1.807) is 0 Å². The fraction of sp³-hybridized carbons (Fsp3) is 0.143. The average Bonchev–Trinajstić information content (AvgIpc) is 1.82. The molecule has 0 aromatic heterocycles. The predicted octanol–water partition coefficient (Wildman–Crippen LogP) is 3.79. The van der Waals surface area contributed by atoms with Gasteiger partial charge in [-0.25, -0.2) is 8.78 Å². The zero-order valence-electron chi connectivity index (χ0n) is 5.62. The van der Waals surface area contributed by atoms with Crippen LogP contribution in [0.1, 0.15) is 5.56 Å². The average molecular weight is 231 g/mol. The third kappa shape index (κ3) is 2.00. The second-order valence-electron chi connectivity index (χ2n) is 2.09. The van der Waals surface area contributed by atoms with Crippen molar-refractivity contribution >= 4 is 34.8 Å². The van der Waals surface area contributed by atoms with Crippen molar-refractivity contribution in [3.05, 3.63) is 35.4 Å². The Hall–Kier alpha value is -0.0500. The highest BCUT2D eigenvalue weighted by molar-refractivity contribution is 6.66. The summed E-state index contributed by atoms with van der Waals surface area (Å²) in [5, 5.41) is 0. The molecule has 0 radical (unpaired) electrons. The van der Waals surface area contributed by atoms with Crippen molar-refractivity contribution in [3.8, 4) is 0 Å². The van der Waals surface area contributed by atoms with E-state index in [-0.39, 0.29) is 0 Å². The van der Waals surface area contributed by atoms with Crippen LogP contribution >= 0.6 is 34.8 Å². The molecule has 0 amide bonds. The smallest absolute Gasteiger partial charge is 0.206 e. The summed E-state index contributed by atoms with van der Waals surface area (Å²) in [7, 11) is 0. The molecular weight excluding hydrogens is 228 g/mol. The van der Waals surface area contributed by atoms with E-state index in [1.807, 2.05) is 0 Å². The summed E-state index contributed by atoms with van der Waals surface area (Å²) in [6.45, 7) is 0. The second kappa shape index (κ2) is 3.36. The first-order valence-electron chi connectivity index (χ1n) is 2.94. The maximum atomic E-state index is 12.9. The quantitative estimate of drug-likeness (QED) is 0.596. The molecule has 0 nitrogen and oxygen atoms in total. The molecule has 0 unspecified atom stereocenters. The van der Waals surface area contributed by atoms with Gasteiger partial charge in [-0.1, -0.05) is 40.9 Å². The lowest BCUT2D eigenvalue weighted by atomic mass is 10.2. The Labute approximate surface area is 83.0 Å². The van der Waals surface area contributed by atoms with Gasteiger partial charge in [0.2, 0.25) is 3.79 Å². The maximum absolute atomic E-state index is 12.9. The minimum Gasteiger partial charge on any atom is -0.206 e. The fourth-order valence-corrected chi connectivity index (χ4v) is 1.31. The fourth-order valence-electron chi connectivity index (χ4n) is 0.769. The molecule has 1 aromatic carbocycles. The first-order valence-corrected chi connectivity index (χ1v) is 4.07. The molecule has 0 aliphatic rings. The predicted molar refractivity (Wildman–Crippen MR) is 45.6 cm³/mol. The van der Waals surface area contributed by atoms with Gasteiger partial charge in [-0.15, -0.1) is 0 Å². The van der Waals surface area contributed by atoms with Gasteiger partial charge in [0.25, 0.3) is 0 Å². The third-order valence-electron chi connectivity index (χ3n) is 1.25. The molecule has 0 spiro atoms. The van der Waals surface area contributed by atoms with E-state index in [0.29, 0.717) is 0 Å². The lowest BCUT2D eigenvalue weighted by Crippen LogP contribution is -2.06. The molecule has 5 heteroatoms. The lowest BCUT2D eigenvalue weighted by molar-refractivity contribution is 0.560. The van der Waals surface area contributed by atoms with Gasteiger partial charge in [-0.2, -0.15) is 0 Å². The monoisotopic (exact) mass is 230 g/mol. The van der Waals surface area contributed by atoms with Crippen LogP contribution in [0.4, 0.5) is 8.78 Å². The first kappa shape index (κ1) is 10.0. The van der Waals surface area contributed by atoms with Crippen LogP contribution in [0.25, 0.3) is 0 Å². The Balaban J connectivity index is 3.31. The number of benzene rings is 1. The van der Waals surface area contributed by atoms with Gasteiger partial charge in [0, 0.05) is 0 Å². The lowest BCUT2D eigenvalue weighted by Gasteiger charge is -2.12. The number of alkyl halides is 3. The molecule has 0 heterocycles. The van der Waals surface area contributed by atoms with Crippen molar-refractivity contribution in [1.82, 2.24) is 0 Å². The normalized spacial score (nSPS) is 11.8. The number of hydrogen-bond acceptors (Lipinski definition) is 0. The van der Waals surface area contributed by atoms with Gasteiger partial charge in [-0.05, 0) is 12.1 Å². The summed E-state index contributed by atoms with van der Waals surface area (Å²) in [4.78, 5) is 0. The molecule has 0 aliphatic carbocycles. The number of rotatable bonds is 0. The highest BCUT2D eigenvalue weighted by Gasteiger charge is 2.30. The number of hydrogen-bond donors (Lipinski definition) is 0. The maximum Gasteiger partial charge on any atom is 0.221 e. The minimum absolute atomic E-state index is 0.546. The van der Waals surface area contributed by atoms with Gasteiger partial charge in [0.15, 0.2) is 0 Å². The van der Waals surface area contributed by atoms with E-state index >= 15 is 0 Å². The third-order valence-corrected chi connectivity index (χ3v) is 1.81. The van der Waals surface area contributed by atoms with Gasteiger partial charge in [-0.3, -0.25) is 0 Å². The molecule has 0 saturated heterocycles. The Morgan fingerprint density at radius 3 is 1.67 bits per heavy atom. The molecule has 1 aromatic rings. The van der Waals surface area contributed by atoms with Crippen LogP contribution in [-0.4, -0.2) is 0 Å². The van der Waals surface area contributed by atoms with Crippen LogP contribution in [-0.2, 0) is 3.79 Å². The van der Waals surface area contributed by atoms with E-state index in [9.17, 15) is 8.78 Å². The van der Waals surface area contributed by atoms with Crippen LogP contribution in [0.3, 0.4) is 0 Å². The van der Waals surface area contributed by atoms with Gasteiger partial charge >= 0.3 is 0 Å². The van der Waals surface area contributed by atoms with Crippen molar-refractivity contribution in [1.29, 1.82) is 0 Å². The summed E-state index contributed by atoms with van der Waals surface area (Å²) < 4.78 is 23.6. The molecule has 1 rings (SSSR count). The van der Waals surface area contributed by atoms with E-state index in [0.717, 1.165) is 12.1 Å². The highest BCUT2D eigenvalue weighted by Crippen LogP contribution is 2.40. The van der Waals surface area contributed by atoms with Crippen LogP contribution in [0.5, 0.6) is 0 Å². The Bertz CT molecular complexity index is 273. The van der Waals surface area contributed by atoms with Crippen molar-refractivity contribution in [2.24, 2.45) is 0 Å². The van der Waals surface area contributed by atoms with Crippen LogP contribution in [0.15, 0.2) is 18.2 Å². The molecular formula is C7H3Cl3F2. The standard InChI is InChI=1S/C7H3Cl3F2/c8-7(9,10)6-4(11)2-1-3-5(6)12/h1-3H. The van der Waals surface area contributed by atoms with E-state index < -0.39 is 21.0 Å². The van der Waals surface area contributed by atoms with E-state index in [2.05, 4.69) is 0 Å². The molecule has 12 heavy (non-hydrogen) atoms. The van der Waals surface area contributed by atoms with Crippen molar-refractivity contribution in [3.63, 3.8) is 0 Å². The SMILES string of the molecule is Fc1cccc(F)c1C(Cl)(Cl)Cl. The molecule has 0 N–H and O–H groups in total. The number of halogens is 5. The second-order valence-corrected chi connectivity index (χ2v) is 4.38. The Morgan fingerprint density at radius 1 is 1.00 bits per heavy atom. The van der Waals surface area contributed by atoms with Crippen LogP contribution in [0.2, 0.25) is 0 Å². The van der Waals surface area contributed by atoms with Gasteiger partial charge in [0.1, 0.15) is 11.6 Å². The molecule has 0 atom stereocenters. The van der Waals surface area contributed by atoms with Crippen molar-refractivity contribution in [2.45, 2.75) is 3.79 Å². The van der Waals surface area contributed by atoms with Crippen molar-refractivity contribution < 1.29 is 8.78 Å². The van der Waals surface area contributed by atoms with Crippen LogP contribution in [0, 0.1) is 11.6 Å². The molecule has 0 aliphatic heterocycles. The Kier molecular flexibility index (Phi) is 2.81. The largest absolute Gasteiger partial charge is 0.221 e. The summed E-state index contributed by atoms with van der Waals surface area (Å²) >= 11 is 16.0. The topological polar surface area (TPSA) is 0 Å². The summed E-state index contributed by atoms with van der Waals surface area (Å²) in [6.07, 6.45) is 0. The van der Waals surface area contributed by atoms with E-state index in [4.69, 9.17) is 34.8 Å². The summed E-state index contributed by atoms with van der Waals surface area (Å²) in [5.74, 6) is -1.73. The molecule has 66 valence electrons. The van der Waals surface area contributed by atoms with E-state index in [1.165, 1.54) is 6.07 Å². The summed E-state index contributed by atoms with van der Waals surface area (Å²) in [5.41, 5.74) is -0.546. The minimum atomic E-state index is -2.06. The molecule has 0 fully saturated rings. The van der Waals surface area contributed by atoms with Crippen LogP contribution < -0.4 is 0 Å². The molecule has 0 saturated carbocycles. The first-order chi connectivity index (χ1) is 5.43. The summed E-state index contributed by atoms with van der Waals surface area (Å²) in [6, 6.07) is 3.26. The Morgan fingerprint density at radius 2 is 1.42 bits per heavy atom. The molecule has 0 bridgehead atoms. The van der Waals surface area contributed by atoms with Crippen molar-refractivity contribution in [2.75, 3.05) is 0 Å². The van der Waals surface area contributed by atoms with Gasteiger partial charge < -0.3 is 0 Å². The highest BCUT2D eigenvalue weighted by atomic mass is 35.6. The zero-order valence-corrected chi connectivity index (χ0v) is 7.89.